The first-order chi connectivity index (χ1) is 7.05. The molecule has 1 aromatic heterocycles. The smallest absolute Gasteiger partial charge is 0.122 e. The summed E-state index contributed by atoms with van der Waals surface area (Å²) in [4.78, 5) is 4.21. The molecule has 0 bridgehead atoms. The van der Waals surface area contributed by atoms with Gasteiger partial charge in [0.1, 0.15) is 5.82 Å². The number of nitriles is 1. The molecule has 1 aromatic rings. The summed E-state index contributed by atoms with van der Waals surface area (Å²) in [6.07, 6.45) is 4.57. The molecule has 0 aromatic carbocycles. The Morgan fingerprint density at radius 2 is 2.33 bits per heavy atom. The number of hydrogen-bond acceptors (Lipinski definition) is 3. The summed E-state index contributed by atoms with van der Waals surface area (Å²) in [5, 5.41) is 12.1. The number of imidazole rings is 1. The molecular formula is C11H18N4. The molecule has 0 fully saturated rings. The van der Waals surface area contributed by atoms with Crippen molar-refractivity contribution in [3.8, 4) is 6.07 Å². The molecule has 15 heavy (non-hydrogen) atoms. The van der Waals surface area contributed by atoms with Crippen molar-refractivity contribution < 1.29 is 0 Å². The molecule has 0 spiro atoms. The average Bonchev–Trinajstić information content (AvgIpc) is 2.59. The van der Waals surface area contributed by atoms with E-state index in [9.17, 15) is 0 Å². The van der Waals surface area contributed by atoms with Crippen molar-refractivity contribution in [3.63, 3.8) is 0 Å². The van der Waals surface area contributed by atoms with Crippen LogP contribution in [0.4, 0.5) is 0 Å². The van der Waals surface area contributed by atoms with Crippen LogP contribution in [0, 0.1) is 16.7 Å². The van der Waals surface area contributed by atoms with Crippen molar-refractivity contribution in [2.24, 2.45) is 12.5 Å². The Labute approximate surface area is 90.9 Å². The van der Waals surface area contributed by atoms with Crippen molar-refractivity contribution in [2.45, 2.75) is 26.8 Å². The van der Waals surface area contributed by atoms with E-state index in [2.05, 4.69) is 16.4 Å². The largest absolute Gasteiger partial charge is 0.337 e. The van der Waals surface area contributed by atoms with Crippen LogP contribution in [0.5, 0.6) is 0 Å². The van der Waals surface area contributed by atoms with E-state index in [1.54, 1.807) is 6.20 Å². The van der Waals surface area contributed by atoms with E-state index in [0.29, 0.717) is 0 Å². The summed E-state index contributed by atoms with van der Waals surface area (Å²) in [5.74, 6) is 1.02. The Morgan fingerprint density at radius 3 is 2.87 bits per heavy atom. The van der Waals surface area contributed by atoms with Crippen LogP contribution in [0.15, 0.2) is 12.4 Å². The van der Waals surface area contributed by atoms with Gasteiger partial charge in [0.2, 0.25) is 0 Å². The first-order valence-electron chi connectivity index (χ1n) is 5.13. The van der Waals surface area contributed by atoms with E-state index in [1.807, 2.05) is 31.7 Å². The van der Waals surface area contributed by atoms with Crippen LogP contribution in [0.3, 0.4) is 0 Å². The maximum atomic E-state index is 8.83. The predicted molar refractivity (Wildman–Crippen MR) is 58.9 cm³/mol. The first-order valence-corrected chi connectivity index (χ1v) is 5.13. The third-order valence-electron chi connectivity index (χ3n) is 2.43. The number of rotatable bonds is 5. The fraction of sp³-hybridized carbons (Fsp3) is 0.636. The summed E-state index contributed by atoms with van der Waals surface area (Å²) in [6.45, 7) is 5.50. The molecule has 0 radical (unpaired) electrons. The highest BCUT2D eigenvalue weighted by atomic mass is 15.1. The summed E-state index contributed by atoms with van der Waals surface area (Å²) >= 11 is 0. The van der Waals surface area contributed by atoms with Crippen molar-refractivity contribution in [2.75, 3.05) is 6.54 Å². The average molecular weight is 206 g/mol. The normalized spacial score (nSPS) is 11.3. The summed E-state index contributed by atoms with van der Waals surface area (Å²) in [5.41, 5.74) is -0.241. The van der Waals surface area contributed by atoms with Crippen LogP contribution in [0.1, 0.15) is 26.1 Å². The fourth-order valence-corrected chi connectivity index (χ4v) is 1.22. The zero-order valence-electron chi connectivity index (χ0n) is 9.62. The lowest BCUT2D eigenvalue weighted by atomic mass is 9.91. The Hall–Kier alpha value is -1.34. The molecule has 0 aliphatic heterocycles. The highest BCUT2D eigenvalue weighted by Crippen LogP contribution is 2.17. The molecule has 0 aliphatic carbocycles. The van der Waals surface area contributed by atoms with E-state index >= 15 is 0 Å². The molecular weight excluding hydrogens is 188 g/mol. The number of aromatic nitrogens is 2. The monoisotopic (exact) mass is 206 g/mol. The van der Waals surface area contributed by atoms with Gasteiger partial charge in [-0.1, -0.05) is 0 Å². The number of nitrogens with zero attached hydrogens (tertiary/aromatic N) is 3. The topological polar surface area (TPSA) is 53.6 Å². The van der Waals surface area contributed by atoms with Crippen LogP contribution >= 0.6 is 0 Å². The van der Waals surface area contributed by atoms with Crippen molar-refractivity contribution >= 4 is 0 Å². The molecule has 0 saturated carbocycles. The first kappa shape index (κ1) is 11.7. The van der Waals surface area contributed by atoms with Gasteiger partial charge in [0.05, 0.1) is 18.0 Å². The van der Waals surface area contributed by atoms with Gasteiger partial charge in [-0.2, -0.15) is 5.26 Å². The van der Waals surface area contributed by atoms with Crippen molar-refractivity contribution in [1.29, 1.82) is 5.26 Å². The quantitative estimate of drug-likeness (QED) is 0.742. The van der Waals surface area contributed by atoms with E-state index in [4.69, 9.17) is 5.26 Å². The van der Waals surface area contributed by atoms with Crippen LogP contribution < -0.4 is 5.32 Å². The van der Waals surface area contributed by atoms with E-state index in [0.717, 1.165) is 25.3 Å². The summed E-state index contributed by atoms with van der Waals surface area (Å²) < 4.78 is 1.99. The summed E-state index contributed by atoms with van der Waals surface area (Å²) in [7, 11) is 1.98. The molecule has 1 rings (SSSR count). The van der Waals surface area contributed by atoms with Gasteiger partial charge in [-0.15, -0.1) is 0 Å². The van der Waals surface area contributed by atoms with Crippen LogP contribution in [-0.4, -0.2) is 16.1 Å². The number of nitrogens with one attached hydrogen (secondary N) is 1. The van der Waals surface area contributed by atoms with Crippen molar-refractivity contribution in [3.05, 3.63) is 18.2 Å². The molecule has 4 heteroatoms. The Morgan fingerprint density at radius 1 is 1.60 bits per heavy atom. The standard InChI is InChI=1S/C11H18N4/c1-11(2,9-12)4-5-13-8-10-14-6-7-15(10)3/h6-7,13H,4-5,8H2,1-3H3. The zero-order valence-corrected chi connectivity index (χ0v) is 9.62. The van der Waals surface area contributed by atoms with Crippen LogP contribution in [0.25, 0.3) is 0 Å². The predicted octanol–water partition coefficient (Wildman–Crippen LogP) is 1.45. The maximum Gasteiger partial charge on any atom is 0.122 e. The van der Waals surface area contributed by atoms with E-state index in [-0.39, 0.29) is 5.41 Å². The number of hydrogen-bond donors (Lipinski definition) is 1. The lowest BCUT2D eigenvalue weighted by Crippen LogP contribution is -2.22. The zero-order chi connectivity index (χ0) is 11.3. The molecule has 0 unspecified atom stereocenters. The lowest BCUT2D eigenvalue weighted by molar-refractivity contribution is 0.429. The van der Waals surface area contributed by atoms with Crippen LogP contribution in [0.2, 0.25) is 0 Å². The molecule has 0 aliphatic rings. The molecule has 1 N–H and O–H groups in total. The van der Waals surface area contributed by atoms with Gasteiger partial charge in [0.15, 0.2) is 0 Å². The SMILES string of the molecule is Cn1ccnc1CNCCC(C)(C)C#N. The van der Waals surface area contributed by atoms with Crippen molar-refractivity contribution in [1.82, 2.24) is 14.9 Å². The minimum absolute atomic E-state index is 0.241. The molecule has 0 amide bonds. The van der Waals surface area contributed by atoms with E-state index < -0.39 is 0 Å². The minimum Gasteiger partial charge on any atom is -0.337 e. The fourth-order valence-electron chi connectivity index (χ4n) is 1.22. The minimum atomic E-state index is -0.241. The van der Waals surface area contributed by atoms with E-state index in [1.165, 1.54) is 0 Å². The highest BCUT2D eigenvalue weighted by molar-refractivity contribution is 4.93. The maximum absolute atomic E-state index is 8.83. The molecule has 1 heterocycles. The molecule has 4 nitrogen and oxygen atoms in total. The summed E-state index contributed by atoms with van der Waals surface area (Å²) in [6, 6.07) is 2.29. The number of aryl methyl sites for hydroxylation is 1. The Balaban J connectivity index is 2.24. The van der Waals surface area contributed by atoms with Gasteiger partial charge < -0.3 is 9.88 Å². The molecule has 0 atom stereocenters. The van der Waals surface area contributed by atoms with Gasteiger partial charge in [0, 0.05) is 19.4 Å². The van der Waals surface area contributed by atoms with Gasteiger partial charge in [-0.05, 0) is 26.8 Å². The van der Waals surface area contributed by atoms with Gasteiger partial charge in [-0.25, -0.2) is 4.98 Å². The second-order valence-electron chi connectivity index (χ2n) is 4.38. The molecule has 0 saturated heterocycles. The third kappa shape index (κ3) is 3.72. The van der Waals surface area contributed by atoms with Gasteiger partial charge in [-0.3, -0.25) is 0 Å². The third-order valence-corrected chi connectivity index (χ3v) is 2.43. The second-order valence-corrected chi connectivity index (χ2v) is 4.38. The lowest BCUT2D eigenvalue weighted by Gasteiger charge is -2.14. The second kappa shape index (κ2) is 4.94. The Bertz CT molecular complexity index is 346. The van der Waals surface area contributed by atoms with Gasteiger partial charge in [0.25, 0.3) is 0 Å². The Kier molecular flexibility index (Phi) is 3.87. The van der Waals surface area contributed by atoms with Crippen LogP contribution in [-0.2, 0) is 13.6 Å². The molecule has 82 valence electrons. The van der Waals surface area contributed by atoms with Gasteiger partial charge >= 0.3 is 0 Å². The highest BCUT2D eigenvalue weighted by Gasteiger charge is 2.15.